The van der Waals surface area contributed by atoms with Crippen LogP contribution in [0.25, 0.3) is 0 Å². The predicted octanol–water partition coefficient (Wildman–Crippen LogP) is 3.51. The van der Waals surface area contributed by atoms with Crippen molar-refractivity contribution in [2.24, 2.45) is 0 Å². The molecule has 2 rings (SSSR count). The lowest BCUT2D eigenvalue weighted by atomic mass is 10.1. The van der Waals surface area contributed by atoms with Crippen LogP contribution in [-0.2, 0) is 14.3 Å². The number of esters is 2. The number of anilines is 1. The normalized spacial score (nSPS) is 10.1. The Morgan fingerprint density at radius 1 is 1.04 bits per heavy atom. The number of aldehydes is 1. The van der Waals surface area contributed by atoms with Crippen LogP contribution in [0.5, 0.6) is 0 Å². The molecule has 0 radical (unpaired) electrons. The van der Waals surface area contributed by atoms with E-state index in [2.05, 4.69) is 5.32 Å². The van der Waals surface area contributed by atoms with Crippen LogP contribution in [0.2, 0.25) is 5.02 Å². The fourth-order valence-corrected chi connectivity index (χ4v) is 2.34. The first-order valence-corrected chi connectivity index (χ1v) is 8.81. The summed E-state index contributed by atoms with van der Waals surface area (Å²) in [7, 11) is 0. The molecule has 2 aromatic carbocycles. The number of ether oxygens (including phenoxy) is 2. The van der Waals surface area contributed by atoms with Gasteiger partial charge in [0, 0.05) is 11.3 Å². The lowest BCUT2D eigenvalue weighted by molar-refractivity contribution is -0.119. The van der Waals surface area contributed by atoms with Crippen molar-refractivity contribution in [2.75, 3.05) is 18.5 Å². The number of halogens is 1. The van der Waals surface area contributed by atoms with Gasteiger partial charge in [-0.05, 0) is 36.8 Å². The Hall–Kier alpha value is -3.19. The van der Waals surface area contributed by atoms with Gasteiger partial charge in [0.15, 0.2) is 6.61 Å². The molecule has 146 valence electrons. The third-order valence-corrected chi connectivity index (χ3v) is 3.85. The second-order valence-electron chi connectivity index (χ2n) is 5.69. The summed E-state index contributed by atoms with van der Waals surface area (Å²) >= 11 is 5.99. The summed E-state index contributed by atoms with van der Waals surface area (Å²) < 4.78 is 9.97. The molecule has 7 nitrogen and oxygen atoms in total. The van der Waals surface area contributed by atoms with Crippen molar-refractivity contribution in [3.8, 4) is 0 Å². The van der Waals surface area contributed by atoms with E-state index in [1.807, 2.05) is 6.92 Å². The van der Waals surface area contributed by atoms with Gasteiger partial charge in [0.2, 0.25) is 0 Å². The average Bonchev–Trinajstić information content (AvgIpc) is 2.71. The van der Waals surface area contributed by atoms with Crippen molar-refractivity contribution in [1.29, 1.82) is 0 Å². The van der Waals surface area contributed by atoms with Crippen LogP contribution in [0.1, 0.15) is 44.4 Å². The topological polar surface area (TPSA) is 98.8 Å². The highest BCUT2D eigenvalue weighted by atomic mass is 35.5. The van der Waals surface area contributed by atoms with Gasteiger partial charge in [0.05, 0.1) is 22.8 Å². The maximum Gasteiger partial charge on any atom is 0.339 e. The fraction of sp³-hybridized carbons (Fsp3) is 0.200. The molecule has 0 spiro atoms. The molecule has 0 aliphatic rings. The van der Waals surface area contributed by atoms with Crippen molar-refractivity contribution < 1.29 is 28.7 Å². The zero-order chi connectivity index (χ0) is 20.5. The number of carbonyl (C=O) groups is 4. The van der Waals surface area contributed by atoms with E-state index in [9.17, 15) is 19.2 Å². The van der Waals surface area contributed by atoms with Gasteiger partial charge >= 0.3 is 11.9 Å². The molecule has 0 aromatic heterocycles. The van der Waals surface area contributed by atoms with Crippen LogP contribution in [-0.4, -0.2) is 37.3 Å². The van der Waals surface area contributed by atoms with Gasteiger partial charge in [-0.15, -0.1) is 0 Å². The SMILES string of the molecule is CCCOC(=O)c1cc(NC(=O)COC(=O)c2ccc(C=O)cc2)ccc1Cl. The Bertz CT molecular complexity index is 879. The Balaban J connectivity index is 1.94. The van der Waals surface area contributed by atoms with Crippen molar-refractivity contribution in [1.82, 2.24) is 0 Å². The first kappa shape index (κ1) is 21.1. The number of rotatable bonds is 8. The van der Waals surface area contributed by atoms with Crippen LogP contribution in [0.4, 0.5) is 5.69 Å². The minimum atomic E-state index is -0.701. The quantitative estimate of drug-likeness (QED) is 0.535. The molecule has 28 heavy (non-hydrogen) atoms. The maximum atomic E-state index is 12.0. The van der Waals surface area contributed by atoms with Crippen LogP contribution < -0.4 is 5.32 Å². The van der Waals surface area contributed by atoms with E-state index < -0.39 is 24.5 Å². The summed E-state index contributed by atoms with van der Waals surface area (Å²) in [6.45, 7) is 1.60. The zero-order valence-electron chi connectivity index (χ0n) is 15.1. The summed E-state index contributed by atoms with van der Waals surface area (Å²) in [5, 5.41) is 2.72. The molecule has 0 atom stereocenters. The van der Waals surface area contributed by atoms with E-state index in [4.69, 9.17) is 21.1 Å². The molecule has 0 saturated heterocycles. The molecule has 0 aliphatic heterocycles. The second-order valence-corrected chi connectivity index (χ2v) is 6.10. The molecular weight excluding hydrogens is 386 g/mol. The lowest BCUT2D eigenvalue weighted by Crippen LogP contribution is -2.21. The van der Waals surface area contributed by atoms with Gasteiger partial charge in [-0.1, -0.05) is 30.7 Å². The highest BCUT2D eigenvalue weighted by molar-refractivity contribution is 6.33. The molecule has 0 saturated carbocycles. The maximum absolute atomic E-state index is 12.0. The van der Waals surface area contributed by atoms with Crippen molar-refractivity contribution in [3.63, 3.8) is 0 Å². The van der Waals surface area contributed by atoms with E-state index in [1.54, 1.807) is 0 Å². The van der Waals surface area contributed by atoms with Crippen LogP contribution in [0, 0.1) is 0 Å². The smallest absolute Gasteiger partial charge is 0.339 e. The standard InChI is InChI=1S/C20H18ClNO6/c1-2-9-27-20(26)16-10-15(7-8-17(16)21)22-18(24)12-28-19(25)14-5-3-13(11-23)4-6-14/h3-8,10-11H,2,9,12H2,1H3,(H,22,24). The van der Waals surface area contributed by atoms with Crippen LogP contribution in [0.3, 0.4) is 0 Å². The summed E-state index contributed by atoms with van der Waals surface area (Å²) in [5.74, 6) is -1.88. The number of benzene rings is 2. The number of amides is 1. The molecule has 1 amide bonds. The summed E-state index contributed by atoms with van der Waals surface area (Å²) in [6, 6.07) is 10.1. The Morgan fingerprint density at radius 3 is 2.39 bits per heavy atom. The Morgan fingerprint density at radius 2 is 1.75 bits per heavy atom. The minimum absolute atomic E-state index is 0.125. The number of carbonyl (C=O) groups excluding carboxylic acids is 4. The van der Waals surface area contributed by atoms with Gasteiger partial charge in [-0.3, -0.25) is 9.59 Å². The zero-order valence-corrected chi connectivity index (χ0v) is 15.8. The van der Waals surface area contributed by atoms with Crippen molar-refractivity contribution >= 4 is 41.4 Å². The predicted molar refractivity (Wildman–Crippen MR) is 103 cm³/mol. The van der Waals surface area contributed by atoms with E-state index in [-0.39, 0.29) is 22.8 Å². The van der Waals surface area contributed by atoms with Gasteiger partial charge in [0.1, 0.15) is 6.29 Å². The Labute approximate surface area is 166 Å². The molecule has 0 fully saturated rings. The van der Waals surface area contributed by atoms with Crippen molar-refractivity contribution in [2.45, 2.75) is 13.3 Å². The summed E-state index contributed by atoms with van der Waals surface area (Å²) in [4.78, 5) is 46.5. The fourth-order valence-electron chi connectivity index (χ4n) is 2.14. The van der Waals surface area contributed by atoms with Crippen LogP contribution >= 0.6 is 11.6 Å². The molecule has 0 unspecified atom stereocenters. The highest BCUT2D eigenvalue weighted by Gasteiger charge is 2.15. The molecule has 0 heterocycles. The van der Waals surface area contributed by atoms with Gasteiger partial charge in [-0.2, -0.15) is 0 Å². The summed E-state index contributed by atoms with van der Waals surface area (Å²) in [5.41, 5.74) is 1.07. The highest BCUT2D eigenvalue weighted by Crippen LogP contribution is 2.21. The largest absolute Gasteiger partial charge is 0.462 e. The minimum Gasteiger partial charge on any atom is -0.462 e. The van der Waals surface area contributed by atoms with Gasteiger partial charge < -0.3 is 14.8 Å². The van der Waals surface area contributed by atoms with Gasteiger partial charge in [-0.25, -0.2) is 9.59 Å². The number of hydrogen-bond donors (Lipinski definition) is 1. The third-order valence-electron chi connectivity index (χ3n) is 3.52. The van der Waals surface area contributed by atoms with E-state index in [0.29, 0.717) is 24.0 Å². The lowest BCUT2D eigenvalue weighted by Gasteiger charge is -2.10. The van der Waals surface area contributed by atoms with E-state index in [1.165, 1.54) is 42.5 Å². The average molecular weight is 404 g/mol. The van der Waals surface area contributed by atoms with Gasteiger partial charge in [0.25, 0.3) is 5.91 Å². The number of hydrogen-bond acceptors (Lipinski definition) is 6. The molecular formula is C20H18ClNO6. The van der Waals surface area contributed by atoms with E-state index in [0.717, 1.165) is 0 Å². The first-order chi connectivity index (χ1) is 13.4. The van der Waals surface area contributed by atoms with Crippen molar-refractivity contribution in [3.05, 3.63) is 64.2 Å². The van der Waals surface area contributed by atoms with E-state index >= 15 is 0 Å². The second kappa shape index (κ2) is 10.2. The monoisotopic (exact) mass is 403 g/mol. The molecule has 8 heteroatoms. The van der Waals surface area contributed by atoms with Crippen LogP contribution in [0.15, 0.2) is 42.5 Å². The summed E-state index contributed by atoms with van der Waals surface area (Å²) in [6.07, 6.45) is 1.32. The molecule has 1 N–H and O–H groups in total. The number of nitrogens with one attached hydrogen (secondary N) is 1. The third kappa shape index (κ3) is 5.92. The molecule has 0 aliphatic carbocycles. The molecule has 2 aromatic rings. The Kier molecular flexibility index (Phi) is 7.71. The first-order valence-electron chi connectivity index (χ1n) is 8.43. The molecule has 0 bridgehead atoms.